The van der Waals surface area contributed by atoms with Gasteiger partial charge in [-0.2, -0.15) is 0 Å². The van der Waals surface area contributed by atoms with Crippen LogP contribution in [0.25, 0.3) is 0 Å². The van der Waals surface area contributed by atoms with Gasteiger partial charge in [-0.25, -0.2) is 4.98 Å². The number of ether oxygens (including phenoxy) is 1. The van der Waals surface area contributed by atoms with Crippen molar-refractivity contribution in [3.8, 4) is 5.75 Å². The van der Waals surface area contributed by atoms with Crippen LogP contribution in [-0.2, 0) is 19.4 Å². The number of amides is 1. The number of nitrogens with zero attached hydrogens (tertiary/aromatic N) is 2. The Bertz CT molecular complexity index is 963. The van der Waals surface area contributed by atoms with E-state index in [-0.39, 0.29) is 11.9 Å². The lowest BCUT2D eigenvalue weighted by molar-refractivity contribution is 0.0731. The van der Waals surface area contributed by atoms with E-state index >= 15 is 0 Å². The van der Waals surface area contributed by atoms with E-state index in [0.717, 1.165) is 38.3 Å². The van der Waals surface area contributed by atoms with Crippen molar-refractivity contribution in [2.45, 2.75) is 64.5 Å². The van der Waals surface area contributed by atoms with Gasteiger partial charge in [-0.3, -0.25) is 4.79 Å². The molecule has 170 valence electrons. The Labute approximate surface area is 191 Å². The summed E-state index contributed by atoms with van der Waals surface area (Å²) in [5.74, 6) is 1.43. The largest absolute Gasteiger partial charge is 0.492 e. The van der Waals surface area contributed by atoms with E-state index in [1.54, 1.807) is 12.3 Å². The lowest BCUT2D eigenvalue weighted by atomic mass is 10.0. The second kappa shape index (κ2) is 8.86. The van der Waals surface area contributed by atoms with E-state index < -0.39 is 0 Å². The molecule has 0 aliphatic heterocycles. The molecule has 0 radical (unpaired) electrons. The van der Waals surface area contributed by atoms with Crippen LogP contribution in [-0.4, -0.2) is 42.0 Å². The van der Waals surface area contributed by atoms with Gasteiger partial charge in [0.2, 0.25) is 0 Å². The number of nitrogens with one attached hydrogen (secondary N) is 1. The minimum atomic E-state index is -0.0206. The third-order valence-corrected chi connectivity index (χ3v) is 7.72. The van der Waals surface area contributed by atoms with Gasteiger partial charge < -0.3 is 15.0 Å². The second-order valence-corrected chi connectivity index (χ2v) is 10.2. The molecule has 32 heavy (non-hydrogen) atoms. The van der Waals surface area contributed by atoms with Crippen LogP contribution in [0.2, 0.25) is 0 Å². The predicted molar refractivity (Wildman–Crippen MR) is 126 cm³/mol. The number of fused-ring (bicyclic) bond motifs is 1. The van der Waals surface area contributed by atoms with Gasteiger partial charge >= 0.3 is 0 Å². The Balaban J connectivity index is 1.15. The van der Waals surface area contributed by atoms with E-state index in [2.05, 4.69) is 35.4 Å². The fraction of sp³-hybridized carbons (Fsp3) is 0.556. The summed E-state index contributed by atoms with van der Waals surface area (Å²) < 4.78 is 5.74. The number of carbonyl (C=O) groups is 1. The van der Waals surface area contributed by atoms with Crippen molar-refractivity contribution in [2.24, 2.45) is 11.3 Å². The van der Waals surface area contributed by atoms with Crippen LogP contribution in [0.5, 0.6) is 5.75 Å². The van der Waals surface area contributed by atoms with Crippen molar-refractivity contribution >= 4 is 5.91 Å². The Morgan fingerprint density at radius 3 is 2.69 bits per heavy atom. The minimum Gasteiger partial charge on any atom is -0.492 e. The summed E-state index contributed by atoms with van der Waals surface area (Å²) >= 11 is 0. The Kier molecular flexibility index (Phi) is 5.93. The number of benzene rings is 1. The molecule has 5 nitrogen and oxygen atoms in total. The van der Waals surface area contributed by atoms with Crippen molar-refractivity contribution in [3.05, 3.63) is 58.9 Å². The predicted octanol–water partition coefficient (Wildman–Crippen LogP) is 4.39. The second-order valence-electron chi connectivity index (χ2n) is 10.2. The van der Waals surface area contributed by atoms with E-state index in [9.17, 15) is 4.79 Å². The number of pyridine rings is 1. The van der Waals surface area contributed by atoms with Crippen molar-refractivity contribution in [1.82, 2.24) is 15.2 Å². The first-order chi connectivity index (χ1) is 15.5. The number of hydrogen-bond donors (Lipinski definition) is 1. The zero-order valence-corrected chi connectivity index (χ0v) is 19.4. The van der Waals surface area contributed by atoms with Gasteiger partial charge in [0.1, 0.15) is 11.4 Å². The maximum Gasteiger partial charge on any atom is 0.272 e. The van der Waals surface area contributed by atoms with Gasteiger partial charge in [-0.1, -0.05) is 25.1 Å². The van der Waals surface area contributed by atoms with Crippen molar-refractivity contribution in [3.63, 3.8) is 0 Å². The molecule has 3 aliphatic rings. The summed E-state index contributed by atoms with van der Waals surface area (Å²) in [5, 5.41) is 3.66. The van der Waals surface area contributed by atoms with Crippen LogP contribution in [0.15, 0.2) is 36.5 Å². The highest BCUT2D eigenvalue weighted by molar-refractivity contribution is 5.92. The summed E-state index contributed by atoms with van der Waals surface area (Å²) in [4.78, 5) is 19.3. The first-order valence-electron chi connectivity index (χ1n) is 12.2. The molecule has 1 amide bonds. The third kappa shape index (κ3) is 4.83. The molecule has 2 fully saturated rings. The number of hydrogen-bond acceptors (Lipinski definition) is 4. The highest BCUT2D eigenvalue weighted by atomic mass is 16.5. The quantitative estimate of drug-likeness (QED) is 0.604. The first kappa shape index (κ1) is 21.4. The average molecular weight is 434 g/mol. The average Bonchev–Trinajstić information content (AvgIpc) is 3.75. The van der Waals surface area contributed by atoms with Gasteiger partial charge in [0.25, 0.3) is 5.91 Å². The van der Waals surface area contributed by atoms with Crippen LogP contribution in [0.1, 0.15) is 66.2 Å². The van der Waals surface area contributed by atoms with Crippen molar-refractivity contribution in [2.75, 3.05) is 20.2 Å². The highest BCUT2D eigenvalue weighted by Gasteiger charge is 2.39. The topological polar surface area (TPSA) is 54.5 Å². The normalized spacial score (nSPS) is 20.6. The van der Waals surface area contributed by atoms with Crippen LogP contribution >= 0.6 is 0 Å². The van der Waals surface area contributed by atoms with E-state index in [1.165, 1.54) is 48.8 Å². The Hall–Kier alpha value is -2.40. The molecule has 0 spiro atoms. The van der Waals surface area contributed by atoms with Crippen LogP contribution in [0.3, 0.4) is 0 Å². The molecular weight excluding hydrogens is 398 g/mol. The lowest BCUT2D eigenvalue weighted by Gasteiger charge is -2.24. The standard InChI is InChI=1S/C27H35N3O2/c1-3-27(10-11-27)18-28-15-20-6-7-21-13-23(14-22(21)12-20)30(2)26(31)25-9-8-24(16-29-25)32-17-19-4-5-19/h6-9,12,16,19,23,28H,3-5,10-11,13-15,17-18H2,1-2H3/t23-/m1/s1. The maximum atomic E-state index is 13.0. The number of carbonyl (C=O) groups excluding carboxylic acids is 1. The summed E-state index contributed by atoms with van der Waals surface area (Å²) in [6, 6.07) is 10.7. The molecule has 1 atom stereocenters. The van der Waals surface area contributed by atoms with Crippen molar-refractivity contribution in [1.29, 1.82) is 0 Å². The molecule has 0 saturated heterocycles. The SMILES string of the molecule is CCC1(CNCc2ccc3c(c2)C[C@H](N(C)C(=O)c2ccc(OCC4CC4)cn2)C3)CC1. The highest BCUT2D eigenvalue weighted by Crippen LogP contribution is 2.47. The fourth-order valence-corrected chi connectivity index (χ4v) is 4.77. The molecule has 1 N–H and O–H groups in total. The summed E-state index contributed by atoms with van der Waals surface area (Å²) in [5.41, 5.74) is 5.14. The minimum absolute atomic E-state index is 0.0206. The molecule has 2 saturated carbocycles. The molecule has 1 heterocycles. The number of rotatable bonds is 10. The fourth-order valence-electron chi connectivity index (χ4n) is 4.77. The zero-order valence-electron chi connectivity index (χ0n) is 19.4. The first-order valence-corrected chi connectivity index (χ1v) is 12.2. The van der Waals surface area contributed by atoms with Gasteiger partial charge in [-0.15, -0.1) is 0 Å². The smallest absolute Gasteiger partial charge is 0.272 e. The summed E-state index contributed by atoms with van der Waals surface area (Å²) in [7, 11) is 1.90. The summed E-state index contributed by atoms with van der Waals surface area (Å²) in [6.07, 6.45) is 10.0. The lowest BCUT2D eigenvalue weighted by Crippen LogP contribution is -2.38. The van der Waals surface area contributed by atoms with Crippen LogP contribution < -0.4 is 10.1 Å². The van der Waals surface area contributed by atoms with E-state index in [4.69, 9.17) is 4.74 Å². The molecule has 0 bridgehead atoms. The van der Waals surface area contributed by atoms with E-state index in [0.29, 0.717) is 17.0 Å². The Morgan fingerprint density at radius 1 is 1.19 bits per heavy atom. The molecule has 5 heteroatoms. The van der Waals surface area contributed by atoms with Crippen LogP contribution in [0, 0.1) is 11.3 Å². The summed E-state index contributed by atoms with van der Waals surface area (Å²) in [6.45, 7) is 5.10. The molecule has 0 unspecified atom stereocenters. The number of aromatic nitrogens is 1. The molecule has 1 aromatic carbocycles. The van der Waals surface area contributed by atoms with Gasteiger partial charge in [-0.05, 0) is 85.1 Å². The maximum absolute atomic E-state index is 13.0. The Morgan fingerprint density at radius 2 is 2.00 bits per heavy atom. The monoisotopic (exact) mass is 433 g/mol. The molecule has 2 aromatic rings. The van der Waals surface area contributed by atoms with Crippen LogP contribution in [0.4, 0.5) is 0 Å². The van der Waals surface area contributed by atoms with E-state index in [1.807, 2.05) is 18.0 Å². The van der Waals surface area contributed by atoms with Gasteiger partial charge in [0, 0.05) is 26.2 Å². The number of likely N-dealkylation sites (N-methyl/N-ethyl adjacent to an activating group) is 1. The third-order valence-electron chi connectivity index (χ3n) is 7.72. The molecular formula is C27H35N3O2. The van der Waals surface area contributed by atoms with Gasteiger partial charge in [0.15, 0.2) is 0 Å². The molecule has 5 rings (SSSR count). The van der Waals surface area contributed by atoms with Gasteiger partial charge in [0.05, 0.1) is 12.8 Å². The zero-order chi connectivity index (χ0) is 22.1. The van der Waals surface area contributed by atoms with Crippen molar-refractivity contribution < 1.29 is 9.53 Å². The molecule has 1 aromatic heterocycles. The molecule has 3 aliphatic carbocycles.